The highest BCUT2D eigenvalue weighted by molar-refractivity contribution is 6.30. The van der Waals surface area contributed by atoms with Crippen LogP contribution in [0.5, 0.6) is 0 Å². The Morgan fingerprint density at radius 2 is 1.94 bits per heavy atom. The van der Waals surface area contributed by atoms with Gasteiger partial charge in [-0.25, -0.2) is 8.97 Å². The quantitative estimate of drug-likeness (QED) is 0.786. The van der Waals surface area contributed by atoms with Crippen molar-refractivity contribution in [1.82, 2.24) is 0 Å². The van der Waals surface area contributed by atoms with Crippen molar-refractivity contribution < 1.29 is 8.97 Å². The number of nitrogens with two attached hydrogens (primary N) is 1. The predicted octanol–water partition coefficient (Wildman–Crippen LogP) is 3.04. The van der Waals surface area contributed by atoms with E-state index in [-0.39, 0.29) is 5.02 Å². The molecule has 0 saturated heterocycles. The molecule has 0 bridgehead atoms. The summed E-state index contributed by atoms with van der Waals surface area (Å²) >= 11 is 5.80. The third-order valence-electron chi connectivity index (χ3n) is 3.13. The number of halogens is 2. The standard InChI is InChI=1S/C14H10ClFN2/c15-12-7-10(5-6-13(12)16)18-8-9-3-1-2-4-11(9)14(18)17/h1-7,17H,8H2/p+1. The summed E-state index contributed by atoms with van der Waals surface area (Å²) in [6.07, 6.45) is 0. The van der Waals surface area contributed by atoms with E-state index in [4.69, 9.17) is 17.3 Å². The molecule has 0 atom stereocenters. The highest BCUT2D eigenvalue weighted by Crippen LogP contribution is 2.27. The monoisotopic (exact) mass is 261 g/mol. The Morgan fingerprint density at radius 3 is 2.67 bits per heavy atom. The lowest BCUT2D eigenvalue weighted by Gasteiger charge is -2.03. The molecule has 1 aliphatic heterocycles. The molecule has 0 aliphatic carbocycles. The molecule has 0 fully saturated rings. The van der Waals surface area contributed by atoms with Gasteiger partial charge in [-0.1, -0.05) is 29.8 Å². The molecule has 0 unspecified atom stereocenters. The third-order valence-corrected chi connectivity index (χ3v) is 3.42. The summed E-state index contributed by atoms with van der Waals surface area (Å²) in [5, 5.41) is 0.108. The van der Waals surface area contributed by atoms with Gasteiger partial charge in [0.15, 0.2) is 0 Å². The average Bonchev–Trinajstić information content (AvgIpc) is 2.71. The number of hydrogen-bond acceptors (Lipinski definition) is 1. The summed E-state index contributed by atoms with van der Waals surface area (Å²) < 4.78 is 15.1. The first-order valence-electron chi connectivity index (χ1n) is 5.60. The molecule has 1 heterocycles. The molecule has 4 heteroatoms. The topological polar surface area (TPSA) is 29.0 Å². The van der Waals surface area contributed by atoms with Gasteiger partial charge in [0.1, 0.15) is 18.0 Å². The molecule has 90 valence electrons. The largest absolute Gasteiger partial charge is 0.286 e. The van der Waals surface area contributed by atoms with Crippen LogP contribution < -0.4 is 5.73 Å². The fraction of sp³-hybridized carbons (Fsp3) is 0.0714. The number of hydrogen-bond donors (Lipinski definition) is 1. The Hall–Kier alpha value is -1.87. The van der Waals surface area contributed by atoms with Crippen molar-refractivity contribution in [2.45, 2.75) is 6.54 Å². The van der Waals surface area contributed by atoms with E-state index in [1.165, 1.54) is 6.07 Å². The highest BCUT2D eigenvalue weighted by atomic mass is 35.5. The molecule has 0 saturated carbocycles. The summed E-state index contributed by atoms with van der Waals surface area (Å²) in [5.41, 5.74) is 9.11. The molecule has 2 nitrogen and oxygen atoms in total. The van der Waals surface area contributed by atoms with E-state index in [0.29, 0.717) is 12.4 Å². The minimum atomic E-state index is -0.421. The Bertz CT molecular complexity index is 665. The van der Waals surface area contributed by atoms with Crippen molar-refractivity contribution >= 4 is 23.1 Å². The van der Waals surface area contributed by atoms with Gasteiger partial charge in [-0.05, 0) is 18.2 Å². The van der Waals surface area contributed by atoms with E-state index in [9.17, 15) is 4.39 Å². The molecule has 0 aromatic heterocycles. The lowest BCUT2D eigenvalue weighted by molar-refractivity contribution is -0.453. The van der Waals surface area contributed by atoms with Crippen molar-refractivity contribution in [3.63, 3.8) is 0 Å². The first-order valence-corrected chi connectivity index (χ1v) is 5.98. The van der Waals surface area contributed by atoms with E-state index < -0.39 is 5.82 Å². The van der Waals surface area contributed by atoms with E-state index in [1.54, 1.807) is 12.1 Å². The maximum Gasteiger partial charge on any atom is 0.280 e. The van der Waals surface area contributed by atoms with Crippen LogP contribution in [0.25, 0.3) is 0 Å². The second kappa shape index (κ2) is 4.10. The average molecular weight is 262 g/mol. The second-order valence-corrected chi connectivity index (χ2v) is 4.63. The van der Waals surface area contributed by atoms with Crippen LogP contribution in [0.2, 0.25) is 5.02 Å². The molecular weight excluding hydrogens is 251 g/mol. The van der Waals surface area contributed by atoms with E-state index >= 15 is 0 Å². The van der Waals surface area contributed by atoms with Crippen molar-refractivity contribution in [3.05, 3.63) is 64.4 Å². The number of nitrogens with zero attached hydrogens (tertiary/aromatic N) is 1. The molecule has 0 radical (unpaired) electrons. The van der Waals surface area contributed by atoms with Gasteiger partial charge in [0.2, 0.25) is 0 Å². The summed E-state index contributed by atoms with van der Waals surface area (Å²) in [6, 6.07) is 12.6. The summed E-state index contributed by atoms with van der Waals surface area (Å²) in [7, 11) is 0. The van der Waals surface area contributed by atoms with Crippen molar-refractivity contribution in [2.75, 3.05) is 0 Å². The van der Waals surface area contributed by atoms with Gasteiger partial charge in [0.05, 0.1) is 10.6 Å². The zero-order valence-electron chi connectivity index (χ0n) is 9.53. The first kappa shape index (κ1) is 11.2. The molecule has 2 aromatic carbocycles. The molecule has 18 heavy (non-hydrogen) atoms. The maximum absolute atomic E-state index is 13.2. The molecule has 0 spiro atoms. The molecule has 1 aliphatic rings. The smallest absolute Gasteiger partial charge is 0.280 e. The van der Waals surface area contributed by atoms with Gasteiger partial charge in [-0.15, -0.1) is 0 Å². The third kappa shape index (κ3) is 1.68. The highest BCUT2D eigenvalue weighted by Gasteiger charge is 2.25. The van der Waals surface area contributed by atoms with Gasteiger partial charge < -0.3 is 0 Å². The second-order valence-electron chi connectivity index (χ2n) is 4.23. The Labute approximate surface area is 109 Å². The normalized spacial score (nSPS) is 13.9. The van der Waals surface area contributed by atoms with E-state index in [1.807, 2.05) is 28.8 Å². The number of benzene rings is 2. The van der Waals surface area contributed by atoms with Crippen LogP contribution in [-0.4, -0.2) is 10.4 Å². The fourth-order valence-electron chi connectivity index (χ4n) is 2.19. The van der Waals surface area contributed by atoms with E-state index in [0.717, 1.165) is 16.8 Å². The summed E-state index contributed by atoms with van der Waals surface area (Å²) in [6.45, 7) is 0.684. The summed E-state index contributed by atoms with van der Waals surface area (Å²) in [5.74, 6) is 0.254. The van der Waals surface area contributed by atoms with Crippen LogP contribution in [-0.2, 0) is 6.54 Å². The van der Waals surface area contributed by atoms with Crippen LogP contribution in [0.15, 0.2) is 42.5 Å². The van der Waals surface area contributed by atoms with Crippen LogP contribution in [0, 0.1) is 5.82 Å². The maximum atomic E-state index is 13.2. The Balaban J connectivity index is 2.10. The SMILES string of the molecule is NC1=[N+](c2ccc(F)c(Cl)c2)Cc2ccccc21. The van der Waals surface area contributed by atoms with Gasteiger partial charge >= 0.3 is 0 Å². The summed E-state index contributed by atoms with van der Waals surface area (Å²) in [4.78, 5) is 0. The van der Waals surface area contributed by atoms with Crippen LogP contribution >= 0.6 is 11.6 Å². The Morgan fingerprint density at radius 1 is 1.17 bits per heavy atom. The zero-order valence-corrected chi connectivity index (χ0v) is 10.3. The van der Waals surface area contributed by atoms with Crippen LogP contribution in [0.1, 0.15) is 11.1 Å². The van der Waals surface area contributed by atoms with Gasteiger partial charge in [-0.2, -0.15) is 0 Å². The fourth-order valence-corrected chi connectivity index (χ4v) is 2.37. The minimum Gasteiger partial charge on any atom is -0.286 e. The Kier molecular flexibility index (Phi) is 2.56. The zero-order chi connectivity index (χ0) is 12.7. The number of rotatable bonds is 1. The van der Waals surface area contributed by atoms with Gasteiger partial charge in [0, 0.05) is 11.6 Å². The minimum absolute atomic E-state index is 0.108. The number of amidine groups is 1. The number of fused-ring (bicyclic) bond motifs is 1. The molecule has 2 N–H and O–H groups in total. The van der Waals surface area contributed by atoms with Crippen LogP contribution in [0.4, 0.5) is 10.1 Å². The lowest BCUT2D eigenvalue weighted by Crippen LogP contribution is -2.20. The van der Waals surface area contributed by atoms with Crippen molar-refractivity contribution in [3.8, 4) is 0 Å². The van der Waals surface area contributed by atoms with Crippen LogP contribution in [0.3, 0.4) is 0 Å². The first-order chi connectivity index (χ1) is 8.66. The molecular formula is C14H11ClFN2+. The van der Waals surface area contributed by atoms with Crippen molar-refractivity contribution in [1.29, 1.82) is 0 Å². The predicted molar refractivity (Wildman–Crippen MR) is 69.8 cm³/mol. The molecule has 2 aromatic rings. The van der Waals surface area contributed by atoms with Gasteiger partial charge in [-0.3, -0.25) is 5.73 Å². The molecule has 3 rings (SSSR count). The van der Waals surface area contributed by atoms with Gasteiger partial charge in [0.25, 0.3) is 5.84 Å². The van der Waals surface area contributed by atoms with Crippen molar-refractivity contribution in [2.24, 2.45) is 5.73 Å². The molecule has 0 amide bonds. The lowest BCUT2D eigenvalue weighted by atomic mass is 10.1. The van der Waals surface area contributed by atoms with E-state index in [2.05, 4.69) is 0 Å².